The number of halogens is 1. The number of hydrogen-bond donors (Lipinski definition) is 0. The van der Waals surface area contributed by atoms with E-state index >= 15 is 0 Å². The summed E-state index contributed by atoms with van der Waals surface area (Å²) in [6, 6.07) is 7.44. The Bertz CT molecular complexity index is 410. The van der Waals surface area contributed by atoms with Crippen molar-refractivity contribution in [1.82, 2.24) is 4.90 Å². The molecule has 0 saturated carbocycles. The molecule has 3 nitrogen and oxygen atoms in total. The van der Waals surface area contributed by atoms with Gasteiger partial charge < -0.3 is 14.8 Å². The second-order valence-corrected chi connectivity index (χ2v) is 5.07. The van der Waals surface area contributed by atoms with Gasteiger partial charge in [0.05, 0.1) is 0 Å². The van der Waals surface area contributed by atoms with Gasteiger partial charge in [-0.05, 0) is 43.6 Å². The van der Waals surface area contributed by atoms with Crippen molar-refractivity contribution in [2.24, 2.45) is 5.92 Å². The molecular weight excluding hydrogens is 245 g/mol. The Hall–Kier alpha value is -0.463. The fraction of sp³-hybridized carbons (Fsp3) is 0.462. The average molecular weight is 260 g/mol. The van der Waals surface area contributed by atoms with E-state index in [0.717, 1.165) is 18.5 Å². The van der Waals surface area contributed by atoms with E-state index < -0.39 is 11.9 Å². The molecule has 5 heteroatoms. The van der Waals surface area contributed by atoms with Crippen molar-refractivity contribution >= 4 is 17.6 Å². The molecule has 0 spiro atoms. The van der Waals surface area contributed by atoms with Crippen LogP contribution in [0, 0.1) is 5.92 Å². The molecule has 0 N–H and O–H groups in total. The standard InChI is InChI=1S/C13H16ClNO2.Li/c1-15-7-6-11(12(8-15)13(16)17)9-2-4-10(14)5-3-9;/h2-5,11-12H,6-8H2,1H3,(H,16,17);/q;+1/p-1/t11-,12-;/m1./s1. The molecule has 18 heavy (non-hydrogen) atoms. The van der Waals surface area contributed by atoms with Crippen molar-refractivity contribution in [3.05, 3.63) is 34.9 Å². The van der Waals surface area contributed by atoms with E-state index in [9.17, 15) is 9.90 Å². The third-order valence-electron chi connectivity index (χ3n) is 3.42. The SMILES string of the molecule is CN1CC[C@H](c2ccc(Cl)cc2)[C@H](C(=O)[O-])C1.[Li+]. The Morgan fingerprint density at radius 2 is 2.00 bits per heavy atom. The summed E-state index contributed by atoms with van der Waals surface area (Å²) in [4.78, 5) is 13.2. The van der Waals surface area contributed by atoms with Crippen LogP contribution in [0.2, 0.25) is 5.02 Å². The molecule has 92 valence electrons. The number of hydrogen-bond acceptors (Lipinski definition) is 3. The predicted octanol–water partition coefficient (Wildman–Crippen LogP) is -1.87. The third kappa shape index (κ3) is 3.52. The fourth-order valence-electron chi connectivity index (χ4n) is 2.46. The molecule has 0 aliphatic carbocycles. The second kappa shape index (κ2) is 6.63. The van der Waals surface area contributed by atoms with Crippen LogP contribution in [0.3, 0.4) is 0 Å². The maximum absolute atomic E-state index is 11.2. The van der Waals surface area contributed by atoms with Gasteiger partial charge >= 0.3 is 18.9 Å². The van der Waals surface area contributed by atoms with Gasteiger partial charge in [-0.15, -0.1) is 0 Å². The average Bonchev–Trinajstić information content (AvgIpc) is 2.30. The summed E-state index contributed by atoms with van der Waals surface area (Å²) in [5.74, 6) is -1.36. The van der Waals surface area contributed by atoms with E-state index in [4.69, 9.17) is 11.6 Å². The summed E-state index contributed by atoms with van der Waals surface area (Å²) in [6.07, 6.45) is 0.844. The summed E-state index contributed by atoms with van der Waals surface area (Å²) in [7, 11) is 1.94. The molecule has 2 rings (SSSR count). The summed E-state index contributed by atoms with van der Waals surface area (Å²) < 4.78 is 0. The number of carbonyl (C=O) groups is 1. The smallest absolute Gasteiger partial charge is 0.550 e. The zero-order chi connectivity index (χ0) is 12.4. The first kappa shape index (κ1) is 15.6. The first-order valence-corrected chi connectivity index (χ1v) is 6.10. The number of carbonyl (C=O) groups excluding carboxylic acids is 1. The Labute approximate surface area is 124 Å². The van der Waals surface area contributed by atoms with Crippen molar-refractivity contribution < 1.29 is 28.8 Å². The first-order valence-electron chi connectivity index (χ1n) is 5.73. The van der Waals surface area contributed by atoms with Gasteiger partial charge in [-0.1, -0.05) is 23.7 Å². The third-order valence-corrected chi connectivity index (χ3v) is 3.67. The van der Waals surface area contributed by atoms with Gasteiger partial charge in [-0.2, -0.15) is 0 Å². The van der Waals surface area contributed by atoms with Gasteiger partial charge in [0.2, 0.25) is 0 Å². The van der Waals surface area contributed by atoms with E-state index in [1.165, 1.54) is 0 Å². The van der Waals surface area contributed by atoms with E-state index in [2.05, 4.69) is 0 Å². The maximum Gasteiger partial charge on any atom is 1.00 e. The fourth-order valence-corrected chi connectivity index (χ4v) is 2.59. The topological polar surface area (TPSA) is 43.4 Å². The molecule has 0 bridgehead atoms. The van der Waals surface area contributed by atoms with E-state index in [1.807, 2.05) is 36.2 Å². The number of likely N-dealkylation sites (tertiary alicyclic amines) is 1. The van der Waals surface area contributed by atoms with Gasteiger partial charge in [0.1, 0.15) is 0 Å². The molecule has 0 aromatic heterocycles. The Morgan fingerprint density at radius 3 is 2.56 bits per heavy atom. The number of aliphatic carboxylic acids is 1. The van der Waals surface area contributed by atoms with Crippen LogP contribution in [0.5, 0.6) is 0 Å². The Morgan fingerprint density at radius 1 is 1.39 bits per heavy atom. The minimum atomic E-state index is -0.962. The van der Waals surface area contributed by atoms with Crippen LogP contribution in [-0.4, -0.2) is 31.0 Å². The molecule has 1 aromatic rings. The van der Waals surface area contributed by atoms with Crippen molar-refractivity contribution in [2.45, 2.75) is 12.3 Å². The summed E-state index contributed by atoms with van der Waals surface area (Å²) in [5, 5.41) is 11.9. The van der Waals surface area contributed by atoms with Crippen LogP contribution in [0.15, 0.2) is 24.3 Å². The number of piperidine rings is 1. The summed E-state index contributed by atoms with van der Waals surface area (Å²) in [5.41, 5.74) is 1.04. The number of carboxylic acid groups (broad SMARTS) is 1. The van der Waals surface area contributed by atoms with Crippen molar-refractivity contribution in [3.8, 4) is 0 Å². The minimum Gasteiger partial charge on any atom is -0.550 e. The maximum atomic E-state index is 11.2. The minimum absolute atomic E-state index is 0. The monoisotopic (exact) mass is 259 g/mol. The van der Waals surface area contributed by atoms with Gasteiger partial charge in [0.15, 0.2) is 0 Å². The normalized spacial score (nSPS) is 24.3. The number of benzene rings is 1. The van der Waals surface area contributed by atoms with Crippen molar-refractivity contribution in [2.75, 3.05) is 20.1 Å². The van der Waals surface area contributed by atoms with Crippen LogP contribution < -0.4 is 24.0 Å². The van der Waals surface area contributed by atoms with E-state index in [1.54, 1.807) is 0 Å². The van der Waals surface area contributed by atoms with Gasteiger partial charge in [0, 0.05) is 23.5 Å². The number of nitrogens with zero attached hydrogens (tertiary/aromatic N) is 1. The Kier molecular flexibility index (Phi) is 5.74. The molecule has 1 saturated heterocycles. The van der Waals surface area contributed by atoms with Gasteiger partial charge in [-0.3, -0.25) is 0 Å². The molecule has 1 fully saturated rings. The molecule has 2 atom stereocenters. The van der Waals surface area contributed by atoms with Crippen molar-refractivity contribution in [3.63, 3.8) is 0 Å². The molecular formula is C13H15ClLiNO2. The molecule has 1 heterocycles. The van der Waals surface area contributed by atoms with E-state index in [0.29, 0.717) is 11.6 Å². The van der Waals surface area contributed by atoms with Crippen molar-refractivity contribution in [1.29, 1.82) is 0 Å². The summed E-state index contributed by atoms with van der Waals surface area (Å²) in [6.45, 7) is 1.46. The van der Waals surface area contributed by atoms with Crippen LogP contribution in [0.25, 0.3) is 0 Å². The Balaban J connectivity index is 0.00000162. The summed E-state index contributed by atoms with van der Waals surface area (Å²) >= 11 is 5.84. The largest absolute Gasteiger partial charge is 1.00 e. The zero-order valence-electron chi connectivity index (χ0n) is 10.7. The van der Waals surface area contributed by atoms with Gasteiger partial charge in [-0.25, -0.2) is 0 Å². The molecule has 1 aliphatic heterocycles. The second-order valence-electron chi connectivity index (χ2n) is 4.63. The van der Waals surface area contributed by atoms with Crippen LogP contribution >= 0.6 is 11.6 Å². The first-order chi connectivity index (χ1) is 8.08. The molecule has 1 aliphatic rings. The molecule has 1 aromatic carbocycles. The van der Waals surface area contributed by atoms with Gasteiger partial charge in [0.25, 0.3) is 0 Å². The number of carboxylic acids is 1. The van der Waals surface area contributed by atoms with Crippen LogP contribution in [0.4, 0.5) is 0 Å². The molecule has 0 unspecified atom stereocenters. The van der Waals surface area contributed by atoms with E-state index in [-0.39, 0.29) is 24.8 Å². The predicted molar refractivity (Wildman–Crippen MR) is 64.8 cm³/mol. The van der Waals surface area contributed by atoms with Crippen LogP contribution in [0.1, 0.15) is 17.9 Å². The number of rotatable bonds is 2. The quantitative estimate of drug-likeness (QED) is 0.585. The molecule has 0 amide bonds. The zero-order valence-corrected chi connectivity index (χ0v) is 11.5. The molecule has 0 radical (unpaired) electrons. The van der Waals surface area contributed by atoms with Crippen LogP contribution in [-0.2, 0) is 4.79 Å².